The van der Waals surface area contributed by atoms with Gasteiger partial charge in [0.15, 0.2) is 12.0 Å². The Morgan fingerprint density at radius 1 is 1.56 bits per heavy atom. The van der Waals surface area contributed by atoms with Gasteiger partial charge in [0, 0.05) is 0 Å². The van der Waals surface area contributed by atoms with Crippen LogP contribution < -0.4 is 0 Å². The van der Waals surface area contributed by atoms with E-state index in [9.17, 15) is 4.79 Å². The molecule has 0 radical (unpaired) electrons. The highest BCUT2D eigenvalue weighted by molar-refractivity contribution is 5.71. The highest BCUT2D eigenvalue weighted by Gasteiger charge is 1.94. The van der Waals surface area contributed by atoms with Gasteiger partial charge in [0.1, 0.15) is 0 Å². The van der Waals surface area contributed by atoms with Gasteiger partial charge in [-0.25, -0.2) is 0 Å². The van der Waals surface area contributed by atoms with Crippen molar-refractivity contribution in [2.45, 2.75) is 20.8 Å². The molecule has 0 aliphatic carbocycles. The molecule has 0 aromatic heterocycles. The lowest BCUT2D eigenvalue weighted by Gasteiger charge is -2.01. The molecule has 2 heteroatoms. The SMILES string of the molecule is CCOC(C=O)=C(C)C. The van der Waals surface area contributed by atoms with Crippen molar-refractivity contribution in [2.75, 3.05) is 6.61 Å². The molecule has 0 fully saturated rings. The summed E-state index contributed by atoms with van der Waals surface area (Å²) in [5, 5.41) is 0. The third-order valence-corrected chi connectivity index (χ3v) is 0.900. The van der Waals surface area contributed by atoms with E-state index in [0.717, 1.165) is 11.9 Å². The van der Waals surface area contributed by atoms with E-state index in [1.54, 1.807) is 0 Å². The minimum atomic E-state index is 0.456. The minimum absolute atomic E-state index is 0.456. The molecule has 0 aliphatic rings. The largest absolute Gasteiger partial charge is 0.491 e. The fourth-order valence-electron chi connectivity index (χ4n) is 0.452. The zero-order valence-electron chi connectivity index (χ0n) is 6.10. The molecule has 0 atom stereocenters. The van der Waals surface area contributed by atoms with E-state index in [1.807, 2.05) is 20.8 Å². The molecule has 0 spiro atoms. The Bertz CT molecular complexity index is 121. The number of carbonyl (C=O) groups excluding carboxylic acids is 1. The Labute approximate surface area is 55.5 Å². The summed E-state index contributed by atoms with van der Waals surface area (Å²) in [5.74, 6) is 0.456. The van der Waals surface area contributed by atoms with Crippen molar-refractivity contribution in [1.29, 1.82) is 0 Å². The maximum absolute atomic E-state index is 10.2. The molecular weight excluding hydrogens is 116 g/mol. The van der Waals surface area contributed by atoms with Gasteiger partial charge in [-0.3, -0.25) is 4.79 Å². The standard InChI is InChI=1S/C7H12O2/c1-4-9-7(5-8)6(2)3/h5H,4H2,1-3H3. The van der Waals surface area contributed by atoms with E-state index in [-0.39, 0.29) is 0 Å². The summed E-state index contributed by atoms with van der Waals surface area (Å²) in [6.07, 6.45) is 0.735. The first-order valence-corrected chi connectivity index (χ1v) is 2.97. The monoisotopic (exact) mass is 128 g/mol. The van der Waals surface area contributed by atoms with Gasteiger partial charge in [-0.2, -0.15) is 0 Å². The van der Waals surface area contributed by atoms with Crippen LogP contribution in [0.2, 0.25) is 0 Å². The predicted octanol–water partition coefficient (Wildman–Crippen LogP) is 1.52. The van der Waals surface area contributed by atoms with Crippen LogP contribution in [0.4, 0.5) is 0 Å². The normalized spacial score (nSPS) is 8.33. The number of allylic oxidation sites excluding steroid dienone is 2. The maximum Gasteiger partial charge on any atom is 0.184 e. The van der Waals surface area contributed by atoms with Gasteiger partial charge in [-0.1, -0.05) is 0 Å². The number of ether oxygens (including phenoxy) is 1. The van der Waals surface area contributed by atoms with E-state index < -0.39 is 0 Å². The molecule has 9 heavy (non-hydrogen) atoms. The van der Waals surface area contributed by atoms with Crippen molar-refractivity contribution >= 4 is 6.29 Å². The number of rotatable bonds is 3. The third kappa shape index (κ3) is 2.90. The molecule has 0 aliphatic heterocycles. The summed E-state index contributed by atoms with van der Waals surface area (Å²) in [5.41, 5.74) is 0.923. The molecule has 0 aromatic carbocycles. The van der Waals surface area contributed by atoms with Crippen molar-refractivity contribution in [3.05, 3.63) is 11.3 Å². The van der Waals surface area contributed by atoms with Gasteiger partial charge in [0.25, 0.3) is 0 Å². The fraction of sp³-hybridized carbons (Fsp3) is 0.571. The van der Waals surface area contributed by atoms with Crippen LogP contribution in [0.3, 0.4) is 0 Å². The summed E-state index contributed by atoms with van der Waals surface area (Å²) in [7, 11) is 0. The van der Waals surface area contributed by atoms with Crippen molar-refractivity contribution in [1.82, 2.24) is 0 Å². The molecule has 0 heterocycles. The maximum atomic E-state index is 10.2. The van der Waals surface area contributed by atoms with E-state index in [1.165, 1.54) is 0 Å². The zero-order chi connectivity index (χ0) is 7.28. The van der Waals surface area contributed by atoms with E-state index in [0.29, 0.717) is 12.4 Å². The van der Waals surface area contributed by atoms with Crippen molar-refractivity contribution < 1.29 is 9.53 Å². The van der Waals surface area contributed by atoms with Crippen LogP contribution in [-0.4, -0.2) is 12.9 Å². The Morgan fingerprint density at radius 2 is 2.11 bits per heavy atom. The zero-order valence-corrected chi connectivity index (χ0v) is 6.10. The first-order chi connectivity index (χ1) is 4.22. The molecular formula is C7H12O2. The lowest BCUT2D eigenvalue weighted by atomic mass is 10.3. The van der Waals surface area contributed by atoms with Crippen LogP contribution in [0.25, 0.3) is 0 Å². The third-order valence-electron chi connectivity index (χ3n) is 0.900. The van der Waals surface area contributed by atoms with Gasteiger partial charge in [0.2, 0.25) is 0 Å². The van der Waals surface area contributed by atoms with Crippen LogP contribution in [-0.2, 0) is 9.53 Å². The van der Waals surface area contributed by atoms with Crippen LogP contribution in [0.15, 0.2) is 11.3 Å². The predicted molar refractivity (Wildman–Crippen MR) is 36.1 cm³/mol. The molecule has 0 N–H and O–H groups in total. The molecule has 0 aromatic rings. The first kappa shape index (κ1) is 8.21. The molecule has 0 amide bonds. The summed E-state index contributed by atoms with van der Waals surface area (Å²) in [6, 6.07) is 0. The second-order valence-corrected chi connectivity index (χ2v) is 1.92. The van der Waals surface area contributed by atoms with Crippen molar-refractivity contribution in [3.8, 4) is 0 Å². The van der Waals surface area contributed by atoms with Crippen LogP contribution in [0, 0.1) is 0 Å². The van der Waals surface area contributed by atoms with Crippen LogP contribution in [0.5, 0.6) is 0 Å². The molecule has 0 rings (SSSR count). The van der Waals surface area contributed by atoms with Gasteiger partial charge < -0.3 is 4.74 Å². The Morgan fingerprint density at radius 3 is 2.22 bits per heavy atom. The summed E-state index contributed by atoms with van der Waals surface area (Å²) < 4.78 is 4.96. The second-order valence-electron chi connectivity index (χ2n) is 1.92. The van der Waals surface area contributed by atoms with Crippen molar-refractivity contribution in [2.24, 2.45) is 0 Å². The average molecular weight is 128 g/mol. The van der Waals surface area contributed by atoms with Crippen LogP contribution in [0.1, 0.15) is 20.8 Å². The number of hydrogen-bond donors (Lipinski definition) is 0. The molecule has 0 saturated heterocycles. The topological polar surface area (TPSA) is 26.3 Å². The summed E-state index contributed by atoms with van der Waals surface area (Å²) >= 11 is 0. The summed E-state index contributed by atoms with van der Waals surface area (Å²) in [4.78, 5) is 10.2. The van der Waals surface area contributed by atoms with E-state index >= 15 is 0 Å². The highest BCUT2D eigenvalue weighted by atomic mass is 16.5. The van der Waals surface area contributed by atoms with Gasteiger partial charge in [0.05, 0.1) is 6.61 Å². The van der Waals surface area contributed by atoms with E-state index in [4.69, 9.17) is 4.74 Å². The highest BCUT2D eigenvalue weighted by Crippen LogP contribution is 2.00. The number of hydrogen-bond acceptors (Lipinski definition) is 2. The Balaban J connectivity index is 3.98. The number of aldehydes is 1. The molecule has 52 valence electrons. The lowest BCUT2D eigenvalue weighted by Crippen LogP contribution is -1.94. The quantitative estimate of drug-likeness (QED) is 0.327. The average Bonchev–Trinajstić information content (AvgIpc) is 1.82. The van der Waals surface area contributed by atoms with E-state index in [2.05, 4.69) is 0 Å². The molecule has 2 nitrogen and oxygen atoms in total. The van der Waals surface area contributed by atoms with Gasteiger partial charge >= 0.3 is 0 Å². The van der Waals surface area contributed by atoms with Crippen LogP contribution >= 0.6 is 0 Å². The van der Waals surface area contributed by atoms with Crippen molar-refractivity contribution in [3.63, 3.8) is 0 Å². The van der Waals surface area contributed by atoms with Gasteiger partial charge in [-0.05, 0) is 26.3 Å². The molecule has 0 unspecified atom stereocenters. The summed E-state index contributed by atoms with van der Waals surface area (Å²) in [6.45, 7) is 6.10. The smallest absolute Gasteiger partial charge is 0.184 e. The Kier molecular flexibility index (Phi) is 3.76. The molecule has 0 saturated carbocycles. The second kappa shape index (κ2) is 4.13. The Hall–Kier alpha value is -0.790. The van der Waals surface area contributed by atoms with Gasteiger partial charge in [-0.15, -0.1) is 0 Å². The minimum Gasteiger partial charge on any atom is -0.491 e. The molecule has 0 bridgehead atoms. The number of carbonyl (C=O) groups is 1. The lowest BCUT2D eigenvalue weighted by molar-refractivity contribution is -0.107. The fourth-order valence-corrected chi connectivity index (χ4v) is 0.452. The first-order valence-electron chi connectivity index (χ1n) is 2.97.